The average molecular weight is 465 g/mol. The van der Waals surface area contributed by atoms with Crippen molar-refractivity contribution >= 4 is 28.5 Å². The minimum atomic E-state index is -0.596. The third-order valence-electron chi connectivity index (χ3n) is 4.24. The number of nitrogens with two attached hydrogens (primary N) is 1. The molecule has 6 heteroatoms. The maximum absolute atomic E-state index is 11.6. The monoisotopic (exact) mass is 465 g/mol. The number of ether oxygens (including phenoxy) is 2. The number of primary amides is 1. The van der Waals surface area contributed by atoms with E-state index in [9.17, 15) is 4.79 Å². The Bertz CT molecular complexity index is 786. The quantitative estimate of drug-likeness (QED) is 0.643. The van der Waals surface area contributed by atoms with E-state index in [1.54, 1.807) is 6.08 Å². The number of aliphatic hydroxyl groups is 1. The summed E-state index contributed by atoms with van der Waals surface area (Å²) in [5, 5.41) is 9.10. The molecule has 3 N–H and O–H groups in total. The Morgan fingerprint density at radius 1 is 1.15 bits per heavy atom. The van der Waals surface area contributed by atoms with E-state index in [4.69, 9.17) is 20.3 Å². The van der Waals surface area contributed by atoms with E-state index < -0.39 is 12.2 Å². The van der Waals surface area contributed by atoms with Gasteiger partial charge in [0.2, 0.25) is 6.29 Å². The van der Waals surface area contributed by atoms with E-state index in [0.717, 1.165) is 20.3 Å². The second kappa shape index (κ2) is 8.66. The fourth-order valence-corrected chi connectivity index (χ4v) is 3.16. The van der Waals surface area contributed by atoms with Crippen LogP contribution in [-0.4, -0.2) is 17.3 Å². The van der Waals surface area contributed by atoms with Crippen LogP contribution in [-0.2, 0) is 27.5 Å². The molecule has 0 unspecified atom stereocenters. The van der Waals surface area contributed by atoms with Gasteiger partial charge in [-0.3, -0.25) is 4.79 Å². The molecule has 0 saturated carbocycles. The molecule has 0 saturated heterocycles. The molecule has 1 amide bonds. The number of halogens is 1. The fraction of sp³-hybridized carbons (Fsp3) is 0.250. The number of rotatable bonds is 6. The summed E-state index contributed by atoms with van der Waals surface area (Å²) in [5.41, 5.74) is 8.32. The van der Waals surface area contributed by atoms with Gasteiger partial charge in [-0.2, -0.15) is 0 Å². The van der Waals surface area contributed by atoms with Crippen molar-refractivity contribution in [2.24, 2.45) is 5.73 Å². The summed E-state index contributed by atoms with van der Waals surface area (Å²) in [6, 6.07) is 15.6. The number of carbonyl (C=O) groups is 1. The lowest BCUT2D eigenvalue weighted by Gasteiger charge is -2.28. The van der Waals surface area contributed by atoms with Gasteiger partial charge in [0, 0.05) is 15.9 Å². The summed E-state index contributed by atoms with van der Waals surface area (Å²) in [6.07, 6.45) is 1.82. The lowest BCUT2D eigenvalue weighted by Crippen LogP contribution is -2.29. The molecule has 1 aliphatic heterocycles. The van der Waals surface area contributed by atoms with E-state index in [2.05, 4.69) is 22.6 Å². The van der Waals surface area contributed by atoms with Gasteiger partial charge in [-0.25, -0.2) is 0 Å². The van der Waals surface area contributed by atoms with Gasteiger partial charge in [-0.15, -0.1) is 0 Å². The van der Waals surface area contributed by atoms with Crippen molar-refractivity contribution in [2.45, 2.75) is 31.8 Å². The van der Waals surface area contributed by atoms with Crippen molar-refractivity contribution in [3.63, 3.8) is 0 Å². The molecule has 2 aromatic rings. The highest BCUT2D eigenvalue weighted by Gasteiger charge is 2.27. The predicted molar refractivity (Wildman–Crippen MR) is 106 cm³/mol. The highest BCUT2D eigenvalue weighted by atomic mass is 127. The second-order valence-corrected chi connectivity index (χ2v) is 7.37. The van der Waals surface area contributed by atoms with Gasteiger partial charge in [-0.1, -0.05) is 36.4 Å². The van der Waals surface area contributed by atoms with Crippen LogP contribution >= 0.6 is 22.6 Å². The summed E-state index contributed by atoms with van der Waals surface area (Å²) in [4.78, 5) is 11.6. The van der Waals surface area contributed by atoms with Crippen LogP contribution in [0.4, 0.5) is 0 Å². The van der Waals surface area contributed by atoms with Gasteiger partial charge in [0.25, 0.3) is 5.91 Å². The molecule has 2 atom stereocenters. The van der Waals surface area contributed by atoms with Crippen LogP contribution < -0.4 is 5.73 Å². The first-order chi connectivity index (χ1) is 12.5. The van der Waals surface area contributed by atoms with Gasteiger partial charge in [0.15, 0.2) is 5.76 Å². The van der Waals surface area contributed by atoms with E-state index in [1.807, 2.05) is 48.5 Å². The topological polar surface area (TPSA) is 81.8 Å². The van der Waals surface area contributed by atoms with E-state index in [0.29, 0.717) is 13.0 Å². The smallest absolute Gasteiger partial charge is 0.283 e. The maximum atomic E-state index is 11.6. The van der Waals surface area contributed by atoms with Crippen molar-refractivity contribution in [2.75, 3.05) is 0 Å². The number of allylic oxidation sites excluding steroid dienone is 1. The number of hydrogen-bond donors (Lipinski definition) is 2. The van der Waals surface area contributed by atoms with Crippen LogP contribution in [0.25, 0.3) is 0 Å². The lowest BCUT2D eigenvalue weighted by molar-refractivity contribution is -0.148. The molecule has 3 rings (SSSR count). The molecule has 0 aromatic heterocycles. The summed E-state index contributed by atoms with van der Waals surface area (Å²) < 4.78 is 12.6. The number of carbonyl (C=O) groups excluding carboxylic acids is 1. The van der Waals surface area contributed by atoms with Crippen molar-refractivity contribution < 1.29 is 19.4 Å². The van der Waals surface area contributed by atoms with Crippen molar-refractivity contribution in [3.05, 3.63) is 80.6 Å². The Morgan fingerprint density at radius 3 is 2.42 bits per heavy atom. The highest BCUT2D eigenvalue weighted by Crippen LogP contribution is 2.32. The molecule has 2 aromatic carbocycles. The normalized spacial score (nSPS) is 19.5. The van der Waals surface area contributed by atoms with Crippen LogP contribution in [0.15, 0.2) is 60.4 Å². The maximum Gasteiger partial charge on any atom is 0.283 e. The first-order valence-corrected chi connectivity index (χ1v) is 9.37. The third kappa shape index (κ3) is 4.84. The van der Waals surface area contributed by atoms with Crippen molar-refractivity contribution in [1.82, 2.24) is 0 Å². The van der Waals surface area contributed by atoms with Crippen LogP contribution in [0.2, 0.25) is 0 Å². The Labute approximate surface area is 165 Å². The van der Waals surface area contributed by atoms with Crippen molar-refractivity contribution in [1.29, 1.82) is 0 Å². The standard InChI is InChI=1S/C20H20INO4/c21-17-7-5-15(6-8-17)16-9-18(20(22)24)26-19(10-16)25-12-14-3-1-13(11-23)2-4-14/h1-9,16,19,23H,10-12H2,(H2,22,24)/t16-,19+/m1/s1. The van der Waals surface area contributed by atoms with Gasteiger partial charge in [0.1, 0.15) is 0 Å². The van der Waals surface area contributed by atoms with Crippen LogP contribution in [0, 0.1) is 3.57 Å². The molecular weight excluding hydrogens is 445 g/mol. The molecule has 0 spiro atoms. The third-order valence-corrected chi connectivity index (χ3v) is 4.96. The Balaban J connectivity index is 1.70. The second-order valence-electron chi connectivity index (χ2n) is 6.12. The molecule has 0 radical (unpaired) electrons. The lowest BCUT2D eigenvalue weighted by atomic mass is 9.93. The number of aliphatic hydroxyl groups excluding tert-OH is 1. The summed E-state index contributed by atoms with van der Waals surface area (Å²) in [6.45, 7) is 0.360. The van der Waals surface area contributed by atoms with E-state index in [1.165, 1.54) is 0 Å². The average Bonchev–Trinajstić information content (AvgIpc) is 2.67. The molecule has 136 valence electrons. The van der Waals surface area contributed by atoms with Gasteiger partial charge in [-0.05, 0) is 57.5 Å². The zero-order valence-corrected chi connectivity index (χ0v) is 16.3. The van der Waals surface area contributed by atoms with Crippen LogP contribution in [0.5, 0.6) is 0 Å². The zero-order chi connectivity index (χ0) is 18.5. The van der Waals surface area contributed by atoms with Gasteiger partial charge >= 0.3 is 0 Å². The highest BCUT2D eigenvalue weighted by molar-refractivity contribution is 14.1. The number of amides is 1. The molecule has 0 aliphatic carbocycles. The number of hydrogen-bond acceptors (Lipinski definition) is 4. The van der Waals surface area contributed by atoms with E-state index >= 15 is 0 Å². The first kappa shape index (κ1) is 18.9. The molecular formula is C20H20INO4. The Hall–Kier alpha value is -1.90. The van der Waals surface area contributed by atoms with Crippen LogP contribution in [0.1, 0.15) is 29.0 Å². The van der Waals surface area contributed by atoms with Gasteiger partial charge in [0.05, 0.1) is 13.2 Å². The minimum absolute atomic E-state index is 0.00464. The molecule has 5 nitrogen and oxygen atoms in total. The minimum Gasteiger partial charge on any atom is -0.459 e. The summed E-state index contributed by atoms with van der Waals surface area (Å²) >= 11 is 2.26. The van der Waals surface area contributed by atoms with Crippen molar-refractivity contribution in [3.8, 4) is 0 Å². The Morgan fingerprint density at radius 2 is 1.81 bits per heavy atom. The molecule has 0 fully saturated rings. The first-order valence-electron chi connectivity index (χ1n) is 8.29. The van der Waals surface area contributed by atoms with Gasteiger partial charge < -0.3 is 20.3 Å². The molecule has 1 aliphatic rings. The molecule has 0 bridgehead atoms. The largest absolute Gasteiger partial charge is 0.459 e. The van der Waals surface area contributed by atoms with Crippen LogP contribution in [0.3, 0.4) is 0 Å². The SMILES string of the molecule is NC(=O)C1=C[C@@H](c2ccc(I)cc2)C[C@@H](OCc2ccc(CO)cc2)O1. The fourth-order valence-electron chi connectivity index (χ4n) is 2.80. The zero-order valence-electron chi connectivity index (χ0n) is 14.1. The molecule has 1 heterocycles. The predicted octanol–water partition coefficient (Wildman–Crippen LogP) is 3.20. The molecule has 26 heavy (non-hydrogen) atoms. The number of benzene rings is 2. The summed E-state index contributed by atoms with van der Waals surface area (Å²) in [5.74, 6) is -0.452. The Kier molecular flexibility index (Phi) is 6.29. The summed E-state index contributed by atoms with van der Waals surface area (Å²) in [7, 11) is 0. The van der Waals surface area contributed by atoms with E-state index in [-0.39, 0.29) is 18.3 Å².